The molecule has 0 radical (unpaired) electrons. The van der Waals surface area contributed by atoms with Crippen molar-refractivity contribution in [1.82, 2.24) is 0 Å². The lowest BCUT2D eigenvalue weighted by Gasteiger charge is -1.95. The zero-order valence-corrected chi connectivity index (χ0v) is 8.60. The summed E-state index contributed by atoms with van der Waals surface area (Å²) in [6.45, 7) is 0.454. The molecule has 76 valence electrons. The number of rotatable bonds is 4. The van der Waals surface area contributed by atoms with Gasteiger partial charge in [0, 0.05) is 18.5 Å². The maximum Gasteiger partial charge on any atom is 0.184 e. The second kappa shape index (κ2) is 4.73. The Kier molecular flexibility index (Phi) is 3.61. The van der Waals surface area contributed by atoms with Crippen LogP contribution in [0, 0.1) is 0 Å². The second-order valence-corrected chi connectivity index (χ2v) is 3.66. The maximum absolute atomic E-state index is 10.3. The molecule has 0 atom stereocenters. The highest BCUT2D eigenvalue weighted by molar-refractivity contribution is 7.16. The Labute approximate surface area is 85.8 Å². The third kappa shape index (κ3) is 2.30. The molecular formula is C8H12N4OS. The molecule has 0 amide bonds. The minimum atomic E-state index is -0.0353. The number of aldehydes is 1. The minimum absolute atomic E-state index is 0.0353. The number of hydrogen-bond acceptors (Lipinski definition) is 5. The van der Waals surface area contributed by atoms with Crippen LogP contribution in [-0.4, -0.2) is 19.2 Å². The zero-order chi connectivity index (χ0) is 10.6. The van der Waals surface area contributed by atoms with E-state index in [0.29, 0.717) is 17.8 Å². The predicted molar refractivity (Wildman–Crippen MR) is 59.1 cm³/mol. The number of carbonyl (C=O) groups is 1. The van der Waals surface area contributed by atoms with E-state index in [0.717, 1.165) is 10.6 Å². The molecule has 0 saturated heterocycles. The third-order valence-electron chi connectivity index (χ3n) is 1.59. The van der Waals surface area contributed by atoms with Crippen molar-refractivity contribution in [3.63, 3.8) is 0 Å². The highest BCUT2D eigenvalue weighted by Crippen LogP contribution is 2.34. The van der Waals surface area contributed by atoms with Crippen molar-refractivity contribution in [3.8, 4) is 0 Å². The summed E-state index contributed by atoms with van der Waals surface area (Å²) in [6.07, 6.45) is 0.515. The van der Waals surface area contributed by atoms with Gasteiger partial charge in [-0.2, -0.15) is 0 Å². The van der Waals surface area contributed by atoms with Crippen LogP contribution in [0.1, 0.15) is 4.88 Å². The summed E-state index contributed by atoms with van der Waals surface area (Å²) >= 11 is 1.41. The first-order valence-corrected chi connectivity index (χ1v) is 4.82. The van der Waals surface area contributed by atoms with Gasteiger partial charge in [-0.1, -0.05) is 0 Å². The molecule has 1 aromatic heterocycles. The van der Waals surface area contributed by atoms with Gasteiger partial charge in [-0.3, -0.25) is 4.79 Å². The van der Waals surface area contributed by atoms with Crippen molar-refractivity contribution in [2.24, 2.45) is 16.5 Å². The van der Waals surface area contributed by atoms with E-state index in [1.54, 1.807) is 7.05 Å². The lowest BCUT2D eigenvalue weighted by molar-refractivity contribution is -0.102. The molecule has 0 fully saturated rings. The van der Waals surface area contributed by atoms with Gasteiger partial charge in [0.25, 0.3) is 0 Å². The van der Waals surface area contributed by atoms with Gasteiger partial charge in [0.1, 0.15) is 5.00 Å². The summed E-state index contributed by atoms with van der Waals surface area (Å²) in [6, 6.07) is 1.89. The van der Waals surface area contributed by atoms with E-state index in [4.69, 9.17) is 11.5 Å². The fourth-order valence-corrected chi connectivity index (χ4v) is 1.87. The summed E-state index contributed by atoms with van der Waals surface area (Å²) in [5.41, 5.74) is 11.6. The van der Waals surface area contributed by atoms with E-state index >= 15 is 0 Å². The van der Waals surface area contributed by atoms with Gasteiger partial charge in [0.2, 0.25) is 0 Å². The molecule has 6 heteroatoms. The lowest BCUT2D eigenvalue weighted by atomic mass is 10.4. The van der Waals surface area contributed by atoms with Crippen LogP contribution in [0.15, 0.2) is 11.1 Å². The smallest absolute Gasteiger partial charge is 0.184 e. The molecule has 0 unspecified atom stereocenters. The van der Waals surface area contributed by atoms with E-state index in [-0.39, 0.29) is 5.84 Å². The standard InChI is InChI=1S/C8H12N4OS/c1-11-6-2-5(3-9)14-8(6)12-7(10)4-13/h2,4,11H,3,9H2,1H3,(H2,10,12). The molecule has 1 rings (SSSR count). The van der Waals surface area contributed by atoms with Crippen molar-refractivity contribution < 1.29 is 4.79 Å². The number of nitrogens with two attached hydrogens (primary N) is 2. The number of nitrogens with zero attached hydrogens (tertiary/aromatic N) is 1. The number of amidine groups is 1. The van der Waals surface area contributed by atoms with Gasteiger partial charge in [-0.15, -0.1) is 11.3 Å². The molecule has 0 saturated carbocycles. The fraction of sp³-hybridized carbons (Fsp3) is 0.250. The van der Waals surface area contributed by atoms with E-state index in [9.17, 15) is 4.79 Å². The summed E-state index contributed by atoms with van der Waals surface area (Å²) in [7, 11) is 1.78. The topological polar surface area (TPSA) is 93.5 Å². The van der Waals surface area contributed by atoms with Crippen LogP contribution in [0.3, 0.4) is 0 Å². The summed E-state index contributed by atoms with van der Waals surface area (Å²) < 4.78 is 0. The molecule has 14 heavy (non-hydrogen) atoms. The Hall–Kier alpha value is -1.40. The quantitative estimate of drug-likeness (QED) is 0.383. The number of aliphatic imine (C=N–C) groups is 1. The van der Waals surface area contributed by atoms with Gasteiger partial charge in [0.05, 0.1) is 5.69 Å². The van der Waals surface area contributed by atoms with Crippen LogP contribution in [0.4, 0.5) is 10.7 Å². The lowest BCUT2D eigenvalue weighted by Crippen LogP contribution is -2.11. The predicted octanol–water partition coefficient (Wildman–Crippen LogP) is 0.436. The fourth-order valence-electron chi connectivity index (χ4n) is 0.938. The number of thiophene rings is 1. The van der Waals surface area contributed by atoms with Crippen molar-refractivity contribution in [3.05, 3.63) is 10.9 Å². The van der Waals surface area contributed by atoms with Crippen LogP contribution < -0.4 is 16.8 Å². The maximum atomic E-state index is 10.3. The number of anilines is 1. The average molecular weight is 212 g/mol. The van der Waals surface area contributed by atoms with Gasteiger partial charge >= 0.3 is 0 Å². The van der Waals surface area contributed by atoms with Crippen LogP contribution in [-0.2, 0) is 11.3 Å². The van der Waals surface area contributed by atoms with Crippen molar-refractivity contribution >= 4 is 34.1 Å². The first-order valence-electron chi connectivity index (χ1n) is 4.01. The minimum Gasteiger partial charge on any atom is -0.386 e. The summed E-state index contributed by atoms with van der Waals surface area (Å²) in [4.78, 5) is 15.2. The molecule has 1 heterocycles. The third-order valence-corrected chi connectivity index (χ3v) is 2.64. The van der Waals surface area contributed by atoms with Crippen molar-refractivity contribution in [2.45, 2.75) is 6.54 Å². The SMILES string of the molecule is CNc1cc(CN)sc1/N=C(/N)C=O. The molecule has 0 aliphatic rings. The Morgan fingerprint density at radius 2 is 2.50 bits per heavy atom. The summed E-state index contributed by atoms with van der Waals surface area (Å²) in [5, 5.41) is 3.63. The van der Waals surface area contributed by atoms with Gasteiger partial charge in [-0.25, -0.2) is 4.99 Å². The molecule has 0 spiro atoms. The van der Waals surface area contributed by atoms with E-state index in [1.165, 1.54) is 11.3 Å². The molecule has 0 aliphatic carbocycles. The monoisotopic (exact) mass is 212 g/mol. The molecule has 0 bridgehead atoms. The van der Waals surface area contributed by atoms with E-state index < -0.39 is 0 Å². The Balaban J connectivity index is 3.06. The Morgan fingerprint density at radius 1 is 1.79 bits per heavy atom. The van der Waals surface area contributed by atoms with E-state index in [1.807, 2.05) is 6.07 Å². The number of carbonyl (C=O) groups excluding carboxylic acids is 1. The normalized spacial score (nSPS) is 11.4. The number of hydrogen-bond donors (Lipinski definition) is 3. The number of nitrogens with one attached hydrogen (secondary N) is 1. The second-order valence-electron chi connectivity index (χ2n) is 2.54. The van der Waals surface area contributed by atoms with Gasteiger partial charge < -0.3 is 16.8 Å². The van der Waals surface area contributed by atoms with Crippen LogP contribution >= 0.6 is 11.3 Å². The first-order chi connectivity index (χ1) is 6.71. The largest absolute Gasteiger partial charge is 0.386 e. The molecule has 1 aromatic rings. The van der Waals surface area contributed by atoms with E-state index in [2.05, 4.69) is 10.3 Å². The molecule has 0 aromatic carbocycles. The average Bonchev–Trinajstić information content (AvgIpc) is 2.60. The van der Waals surface area contributed by atoms with Crippen LogP contribution in [0.25, 0.3) is 0 Å². The van der Waals surface area contributed by atoms with Crippen molar-refractivity contribution in [1.29, 1.82) is 0 Å². The molecule has 5 nitrogen and oxygen atoms in total. The highest BCUT2D eigenvalue weighted by atomic mass is 32.1. The van der Waals surface area contributed by atoms with Gasteiger partial charge in [0.15, 0.2) is 12.1 Å². The zero-order valence-electron chi connectivity index (χ0n) is 7.78. The molecule has 5 N–H and O–H groups in total. The molecule has 0 aliphatic heterocycles. The highest BCUT2D eigenvalue weighted by Gasteiger charge is 2.06. The first kappa shape index (κ1) is 10.7. The Morgan fingerprint density at radius 3 is 3.00 bits per heavy atom. The van der Waals surface area contributed by atoms with Gasteiger partial charge in [-0.05, 0) is 6.07 Å². The summed E-state index contributed by atoms with van der Waals surface area (Å²) in [5.74, 6) is -0.0353. The van der Waals surface area contributed by atoms with Crippen LogP contribution in [0.5, 0.6) is 0 Å². The molecular weight excluding hydrogens is 200 g/mol. The van der Waals surface area contributed by atoms with Crippen LogP contribution in [0.2, 0.25) is 0 Å². The Bertz CT molecular complexity index is 358. The van der Waals surface area contributed by atoms with Crippen molar-refractivity contribution in [2.75, 3.05) is 12.4 Å².